The van der Waals surface area contributed by atoms with Gasteiger partial charge in [0.25, 0.3) is 0 Å². The van der Waals surface area contributed by atoms with Gasteiger partial charge in [0.15, 0.2) is 0 Å². The number of rotatable bonds is 6. The van der Waals surface area contributed by atoms with E-state index >= 15 is 0 Å². The molecular formula is C7H18N4O2. The van der Waals surface area contributed by atoms with Gasteiger partial charge in [0.1, 0.15) is 0 Å². The Morgan fingerprint density at radius 3 is 2.00 bits per heavy atom. The molecule has 4 N–H and O–H groups in total. The summed E-state index contributed by atoms with van der Waals surface area (Å²) in [4.78, 5) is 1.80. The minimum atomic E-state index is 0.300. The Morgan fingerprint density at radius 1 is 1.23 bits per heavy atom. The minimum Gasteiger partial charge on any atom is -0.383 e. The number of methoxy groups -OCH3 is 2. The average Bonchev–Trinajstić information content (AvgIpc) is 2.17. The summed E-state index contributed by atoms with van der Waals surface area (Å²) in [6.07, 6.45) is 0. The molecule has 0 unspecified atom stereocenters. The molecule has 6 heteroatoms. The summed E-state index contributed by atoms with van der Waals surface area (Å²) in [6.45, 7) is 2.48. The number of ether oxygens (including phenoxy) is 2. The number of hydrogen-bond donors (Lipinski definition) is 2. The van der Waals surface area contributed by atoms with Crippen LogP contribution in [0.15, 0.2) is 5.10 Å². The van der Waals surface area contributed by atoms with E-state index in [0.29, 0.717) is 32.3 Å². The van der Waals surface area contributed by atoms with Crippen LogP contribution in [0.5, 0.6) is 0 Å². The second-order valence-electron chi connectivity index (χ2n) is 2.46. The van der Waals surface area contributed by atoms with E-state index in [2.05, 4.69) is 5.10 Å². The fraction of sp³-hybridized carbons (Fsp3) is 0.857. The van der Waals surface area contributed by atoms with Gasteiger partial charge >= 0.3 is 0 Å². The lowest BCUT2D eigenvalue weighted by atomic mass is 10.5. The first-order valence-corrected chi connectivity index (χ1v) is 4.02. The van der Waals surface area contributed by atoms with Crippen LogP contribution in [0, 0.1) is 0 Å². The first-order chi connectivity index (χ1) is 6.26. The van der Waals surface area contributed by atoms with Crippen molar-refractivity contribution < 1.29 is 9.47 Å². The molecule has 0 fully saturated rings. The van der Waals surface area contributed by atoms with Crippen LogP contribution in [0.3, 0.4) is 0 Å². The maximum absolute atomic E-state index is 5.54. The highest BCUT2D eigenvalue weighted by Gasteiger charge is 2.06. The molecule has 0 aliphatic heterocycles. The van der Waals surface area contributed by atoms with E-state index in [1.165, 1.54) is 0 Å². The van der Waals surface area contributed by atoms with Crippen molar-refractivity contribution >= 4 is 5.96 Å². The summed E-state index contributed by atoms with van der Waals surface area (Å²) in [5.74, 6) is 5.36. The fourth-order valence-corrected chi connectivity index (χ4v) is 0.826. The van der Waals surface area contributed by atoms with Crippen molar-refractivity contribution in [2.24, 2.45) is 16.7 Å². The third-order valence-corrected chi connectivity index (χ3v) is 1.59. The molecule has 0 atom stereocenters. The Balaban J connectivity index is 3.87. The van der Waals surface area contributed by atoms with Crippen LogP contribution in [0.25, 0.3) is 0 Å². The van der Waals surface area contributed by atoms with E-state index in [9.17, 15) is 0 Å². The van der Waals surface area contributed by atoms with Crippen molar-refractivity contribution in [1.29, 1.82) is 0 Å². The zero-order valence-corrected chi connectivity index (χ0v) is 8.19. The first kappa shape index (κ1) is 12.0. The maximum atomic E-state index is 5.54. The SMILES string of the molecule is COCCN(CCOC)C(N)=NN. The lowest BCUT2D eigenvalue weighted by Crippen LogP contribution is -2.42. The predicted molar refractivity (Wildman–Crippen MR) is 51.1 cm³/mol. The lowest BCUT2D eigenvalue weighted by molar-refractivity contribution is 0.145. The summed E-state index contributed by atoms with van der Waals surface area (Å²) < 4.78 is 9.83. The molecular weight excluding hydrogens is 172 g/mol. The first-order valence-electron chi connectivity index (χ1n) is 4.02. The summed E-state index contributed by atoms with van der Waals surface area (Å²) in [5.41, 5.74) is 5.54. The van der Waals surface area contributed by atoms with Gasteiger partial charge in [-0.15, -0.1) is 5.10 Å². The summed E-state index contributed by atoms with van der Waals surface area (Å²) in [7, 11) is 3.26. The highest BCUT2D eigenvalue weighted by Crippen LogP contribution is 1.87. The Kier molecular flexibility index (Phi) is 7.04. The molecule has 0 rings (SSSR count). The van der Waals surface area contributed by atoms with Gasteiger partial charge in [0.2, 0.25) is 5.96 Å². The molecule has 0 aromatic heterocycles. The van der Waals surface area contributed by atoms with Gasteiger partial charge in [-0.05, 0) is 0 Å². The largest absolute Gasteiger partial charge is 0.383 e. The van der Waals surface area contributed by atoms with Crippen LogP contribution in [0.4, 0.5) is 0 Å². The quantitative estimate of drug-likeness (QED) is 0.237. The zero-order chi connectivity index (χ0) is 10.1. The molecule has 0 aromatic carbocycles. The Bertz CT molecular complexity index is 143. The lowest BCUT2D eigenvalue weighted by Gasteiger charge is -2.21. The van der Waals surface area contributed by atoms with Crippen molar-refractivity contribution in [3.8, 4) is 0 Å². The van der Waals surface area contributed by atoms with E-state index in [0.717, 1.165) is 0 Å². The van der Waals surface area contributed by atoms with Gasteiger partial charge in [0, 0.05) is 27.3 Å². The standard InChI is InChI=1S/C7H18N4O2/c1-12-5-3-11(4-6-13-2)7(8)10-9/h3-6,9H2,1-2H3,(H2,8,10). The second kappa shape index (κ2) is 7.63. The molecule has 0 spiro atoms. The molecule has 0 saturated carbocycles. The van der Waals surface area contributed by atoms with Gasteiger partial charge in [-0.25, -0.2) is 0 Å². The van der Waals surface area contributed by atoms with Crippen molar-refractivity contribution in [2.75, 3.05) is 40.5 Å². The molecule has 0 saturated heterocycles. The van der Waals surface area contributed by atoms with Gasteiger partial charge in [0.05, 0.1) is 13.2 Å². The van der Waals surface area contributed by atoms with Crippen molar-refractivity contribution in [2.45, 2.75) is 0 Å². The van der Waals surface area contributed by atoms with E-state index in [-0.39, 0.29) is 0 Å². The summed E-state index contributed by atoms with van der Waals surface area (Å²) in [6, 6.07) is 0. The molecule has 0 heterocycles. The van der Waals surface area contributed by atoms with Crippen molar-refractivity contribution in [3.63, 3.8) is 0 Å². The molecule has 13 heavy (non-hydrogen) atoms. The van der Waals surface area contributed by atoms with Crippen LogP contribution in [-0.4, -0.2) is 51.4 Å². The number of guanidine groups is 1. The highest BCUT2D eigenvalue weighted by atomic mass is 16.5. The molecule has 0 aliphatic carbocycles. The van der Waals surface area contributed by atoms with Crippen LogP contribution >= 0.6 is 0 Å². The van der Waals surface area contributed by atoms with Gasteiger partial charge in [-0.1, -0.05) is 0 Å². The van der Waals surface area contributed by atoms with Crippen LogP contribution in [0.2, 0.25) is 0 Å². The predicted octanol–water partition coefficient (Wildman–Crippen LogP) is -1.23. The topological polar surface area (TPSA) is 86.1 Å². The monoisotopic (exact) mass is 190 g/mol. The maximum Gasteiger partial charge on any atom is 0.213 e. The number of hydrogen-bond acceptors (Lipinski definition) is 4. The zero-order valence-electron chi connectivity index (χ0n) is 8.19. The molecule has 78 valence electrons. The highest BCUT2D eigenvalue weighted by molar-refractivity contribution is 5.77. The molecule has 0 aromatic rings. The Morgan fingerprint density at radius 2 is 1.69 bits per heavy atom. The third-order valence-electron chi connectivity index (χ3n) is 1.59. The van der Waals surface area contributed by atoms with Gasteiger partial charge < -0.3 is 25.9 Å². The fourth-order valence-electron chi connectivity index (χ4n) is 0.826. The summed E-state index contributed by atoms with van der Waals surface area (Å²) >= 11 is 0. The van der Waals surface area contributed by atoms with Crippen molar-refractivity contribution in [3.05, 3.63) is 0 Å². The minimum absolute atomic E-state index is 0.300. The van der Waals surface area contributed by atoms with E-state index in [1.54, 1.807) is 19.1 Å². The van der Waals surface area contributed by atoms with Crippen LogP contribution in [0.1, 0.15) is 0 Å². The molecule has 0 bridgehead atoms. The molecule has 0 aliphatic rings. The smallest absolute Gasteiger partial charge is 0.213 e. The Labute approximate surface area is 78.5 Å². The molecule has 0 amide bonds. The second-order valence-corrected chi connectivity index (χ2v) is 2.46. The number of nitrogens with zero attached hydrogens (tertiary/aromatic N) is 2. The van der Waals surface area contributed by atoms with Crippen LogP contribution in [-0.2, 0) is 9.47 Å². The Hall–Kier alpha value is -1.01. The van der Waals surface area contributed by atoms with Gasteiger partial charge in [-0.3, -0.25) is 0 Å². The molecule has 6 nitrogen and oxygen atoms in total. The average molecular weight is 190 g/mol. The van der Waals surface area contributed by atoms with E-state index in [1.807, 2.05) is 0 Å². The number of hydrazone groups is 1. The van der Waals surface area contributed by atoms with E-state index in [4.69, 9.17) is 21.1 Å². The van der Waals surface area contributed by atoms with Crippen molar-refractivity contribution in [1.82, 2.24) is 4.90 Å². The van der Waals surface area contributed by atoms with Crippen LogP contribution < -0.4 is 11.6 Å². The van der Waals surface area contributed by atoms with Gasteiger partial charge in [-0.2, -0.15) is 0 Å². The molecule has 0 radical (unpaired) electrons. The van der Waals surface area contributed by atoms with E-state index < -0.39 is 0 Å². The number of nitrogens with two attached hydrogens (primary N) is 2. The third kappa shape index (κ3) is 5.26. The summed E-state index contributed by atoms with van der Waals surface area (Å²) in [5, 5.41) is 3.40. The normalized spacial score (nSPS) is 11.7.